The van der Waals surface area contributed by atoms with Gasteiger partial charge in [0, 0.05) is 30.3 Å². The van der Waals surface area contributed by atoms with Gasteiger partial charge in [-0.2, -0.15) is 0 Å². The van der Waals surface area contributed by atoms with E-state index >= 15 is 0 Å². The molecule has 2 aromatic rings. The van der Waals surface area contributed by atoms with Gasteiger partial charge in [0.1, 0.15) is 0 Å². The maximum absolute atomic E-state index is 12.8. The van der Waals surface area contributed by atoms with E-state index in [1.807, 2.05) is 24.3 Å². The topological polar surface area (TPSA) is 61.4 Å². The van der Waals surface area contributed by atoms with E-state index in [9.17, 15) is 9.59 Å². The van der Waals surface area contributed by atoms with Crippen molar-refractivity contribution < 1.29 is 9.59 Å². The minimum absolute atomic E-state index is 0.0444. The van der Waals surface area contributed by atoms with Gasteiger partial charge in [0.25, 0.3) is 5.91 Å². The second-order valence-corrected chi connectivity index (χ2v) is 7.36. The van der Waals surface area contributed by atoms with Crippen LogP contribution < -0.4 is 15.5 Å². The molecule has 1 aliphatic heterocycles. The molecule has 5 heteroatoms. The smallest absolute Gasteiger partial charge is 0.255 e. The number of hydrogen-bond donors (Lipinski definition) is 2. The third-order valence-corrected chi connectivity index (χ3v) is 5.19. The van der Waals surface area contributed by atoms with E-state index < -0.39 is 0 Å². The van der Waals surface area contributed by atoms with Crippen LogP contribution in [0.15, 0.2) is 48.5 Å². The molecule has 2 fully saturated rings. The molecule has 0 spiro atoms. The van der Waals surface area contributed by atoms with Crippen LogP contribution >= 0.6 is 0 Å². The Morgan fingerprint density at radius 1 is 0.889 bits per heavy atom. The van der Waals surface area contributed by atoms with Crippen LogP contribution in [0.4, 0.5) is 17.1 Å². The average Bonchev–Trinajstić information content (AvgIpc) is 3.55. The third-order valence-electron chi connectivity index (χ3n) is 5.19. The molecule has 27 heavy (non-hydrogen) atoms. The monoisotopic (exact) mass is 363 g/mol. The summed E-state index contributed by atoms with van der Waals surface area (Å²) in [7, 11) is 0. The van der Waals surface area contributed by atoms with Gasteiger partial charge in [0.05, 0.1) is 11.4 Å². The van der Waals surface area contributed by atoms with Crippen molar-refractivity contribution in [3.05, 3.63) is 54.1 Å². The second kappa shape index (κ2) is 7.82. The Balaban J connectivity index is 1.48. The van der Waals surface area contributed by atoms with Crippen molar-refractivity contribution in [2.45, 2.75) is 32.1 Å². The van der Waals surface area contributed by atoms with E-state index in [4.69, 9.17) is 0 Å². The summed E-state index contributed by atoms with van der Waals surface area (Å²) in [5.41, 5.74) is 3.11. The number of anilines is 3. The second-order valence-electron chi connectivity index (χ2n) is 7.36. The van der Waals surface area contributed by atoms with E-state index in [0.29, 0.717) is 11.3 Å². The first-order valence-corrected chi connectivity index (χ1v) is 9.77. The van der Waals surface area contributed by atoms with Crippen molar-refractivity contribution in [1.82, 2.24) is 0 Å². The molecule has 140 valence electrons. The number of carbonyl (C=O) groups excluding carboxylic acids is 2. The fourth-order valence-electron chi connectivity index (χ4n) is 3.51. The van der Waals surface area contributed by atoms with Gasteiger partial charge in [0.15, 0.2) is 0 Å². The fraction of sp³-hybridized carbons (Fsp3) is 0.364. The molecule has 1 saturated carbocycles. The van der Waals surface area contributed by atoms with Gasteiger partial charge >= 0.3 is 0 Å². The normalized spacial score (nSPS) is 16.7. The quantitative estimate of drug-likeness (QED) is 0.834. The van der Waals surface area contributed by atoms with Crippen LogP contribution in [0.25, 0.3) is 0 Å². The molecule has 2 aliphatic rings. The van der Waals surface area contributed by atoms with Crippen molar-refractivity contribution in [2.24, 2.45) is 5.92 Å². The molecule has 2 amide bonds. The van der Waals surface area contributed by atoms with Gasteiger partial charge in [-0.15, -0.1) is 0 Å². The molecule has 2 aromatic carbocycles. The zero-order valence-corrected chi connectivity index (χ0v) is 15.4. The van der Waals surface area contributed by atoms with Crippen LogP contribution in [-0.4, -0.2) is 24.9 Å². The van der Waals surface area contributed by atoms with Gasteiger partial charge in [-0.25, -0.2) is 0 Å². The lowest BCUT2D eigenvalue weighted by molar-refractivity contribution is -0.117. The van der Waals surface area contributed by atoms with Crippen LogP contribution in [0.5, 0.6) is 0 Å². The first kappa shape index (κ1) is 17.6. The summed E-state index contributed by atoms with van der Waals surface area (Å²) in [6.07, 6.45) is 5.55. The van der Waals surface area contributed by atoms with Crippen LogP contribution in [-0.2, 0) is 4.79 Å². The standard InChI is InChI=1S/C22H25N3O2/c26-21(16-11-12-16)23-18-8-6-7-17(15-18)22(27)24-19-9-2-3-10-20(19)25-13-4-1-5-14-25/h2-3,6-10,15-16H,1,4-5,11-14H2,(H,23,26)(H,24,27). The third kappa shape index (κ3) is 4.30. The molecule has 2 N–H and O–H groups in total. The Morgan fingerprint density at radius 2 is 1.67 bits per heavy atom. The Morgan fingerprint density at radius 3 is 2.44 bits per heavy atom. The molecule has 0 atom stereocenters. The number of rotatable bonds is 5. The number of nitrogens with one attached hydrogen (secondary N) is 2. The van der Waals surface area contributed by atoms with Crippen molar-refractivity contribution >= 4 is 28.9 Å². The van der Waals surface area contributed by atoms with Crippen molar-refractivity contribution in [3.63, 3.8) is 0 Å². The highest BCUT2D eigenvalue weighted by molar-refractivity contribution is 6.07. The fourth-order valence-corrected chi connectivity index (χ4v) is 3.51. The Bertz CT molecular complexity index is 839. The molecule has 0 bridgehead atoms. The lowest BCUT2D eigenvalue weighted by Gasteiger charge is -2.30. The lowest BCUT2D eigenvalue weighted by Crippen LogP contribution is -2.30. The van der Waals surface area contributed by atoms with Gasteiger partial charge in [-0.05, 0) is 62.4 Å². The summed E-state index contributed by atoms with van der Waals surface area (Å²) < 4.78 is 0. The molecule has 0 aromatic heterocycles. The zero-order chi connectivity index (χ0) is 18.6. The predicted octanol–water partition coefficient (Wildman–Crippen LogP) is 4.28. The Kier molecular flexibility index (Phi) is 5.10. The maximum atomic E-state index is 12.8. The summed E-state index contributed by atoms with van der Waals surface area (Å²) in [5, 5.41) is 5.95. The van der Waals surface area contributed by atoms with Gasteiger partial charge in [0.2, 0.25) is 5.91 Å². The molecular weight excluding hydrogens is 338 g/mol. The molecule has 5 nitrogen and oxygen atoms in total. The molecule has 1 saturated heterocycles. The molecule has 0 unspecified atom stereocenters. The van der Waals surface area contributed by atoms with E-state index in [2.05, 4.69) is 21.6 Å². The minimum atomic E-state index is -0.165. The Labute approximate surface area is 159 Å². The summed E-state index contributed by atoms with van der Waals surface area (Å²) in [6, 6.07) is 15.1. The Hall–Kier alpha value is -2.82. The van der Waals surface area contributed by atoms with E-state index in [1.54, 1.807) is 18.2 Å². The molecule has 1 aliphatic carbocycles. The lowest BCUT2D eigenvalue weighted by atomic mass is 10.1. The first-order valence-electron chi connectivity index (χ1n) is 9.77. The van der Waals surface area contributed by atoms with Crippen LogP contribution in [0.1, 0.15) is 42.5 Å². The molecule has 0 radical (unpaired) electrons. The maximum Gasteiger partial charge on any atom is 0.255 e. The van der Waals surface area contributed by atoms with Crippen LogP contribution in [0, 0.1) is 5.92 Å². The number of carbonyl (C=O) groups is 2. The number of benzene rings is 2. The highest BCUT2D eigenvalue weighted by Gasteiger charge is 2.29. The summed E-state index contributed by atoms with van der Waals surface area (Å²) in [4.78, 5) is 27.1. The van der Waals surface area contributed by atoms with Crippen molar-refractivity contribution in [1.29, 1.82) is 0 Å². The first-order chi connectivity index (χ1) is 13.2. The molecule has 4 rings (SSSR count). The number of para-hydroxylation sites is 2. The number of piperidine rings is 1. The number of nitrogens with zero attached hydrogens (tertiary/aromatic N) is 1. The van der Waals surface area contributed by atoms with Crippen molar-refractivity contribution in [2.75, 3.05) is 28.6 Å². The SMILES string of the molecule is O=C(Nc1ccccc1N1CCCCC1)c1cccc(NC(=O)C2CC2)c1. The van der Waals surface area contributed by atoms with E-state index in [0.717, 1.165) is 37.3 Å². The van der Waals surface area contributed by atoms with E-state index in [-0.39, 0.29) is 17.7 Å². The van der Waals surface area contributed by atoms with Gasteiger partial charge < -0.3 is 15.5 Å². The average molecular weight is 363 g/mol. The van der Waals surface area contributed by atoms with Crippen LogP contribution in [0.2, 0.25) is 0 Å². The van der Waals surface area contributed by atoms with Crippen LogP contribution in [0.3, 0.4) is 0 Å². The van der Waals surface area contributed by atoms with Crippen molar-refractivity contribution in [3.8, 4) is 0 Å². The van der Waals surface area contributed by atoms with E-state index in [1.165, 1.54) is 19.3 Å². The molecule has 1 heterocycles. The largest absolute Gasteiger partial charge is 0.370 e. The predicted molar refractivity (Wildman–Crippen MR) is 108 cm³/mol. The van der Waals surface area contributed by atoms with Gasteiger partial charge in [-0.3, -0.25) is 9.59 Å². The minimum Gasteiger partial charge on any atom is -0.370 e. The number of hydrogen-bond acceptors (Lipinski definition) is 3. The van der Waals surface area contributed by atoms with Gasteiger partial charge in [-0.1, -0.05) is 18.2 Å². The number of amides is 2. The summed E-state index contributed by atoms with van der Waals surface area (Å²) in [5.74, 6) is 0.0175. The highest BCUT2D eigenvalue weighted by atomic mass is 16.2. The highest BCUT2D eigenvalue weighted by Crippen LogP contribution is 2.31. The zero-order valence-electron chi connectivity index (χ0n) is 15.4. The summed E-state index contributed by atoms with van der Waals surface area (Å²) >= 11 is 0. The molecular formula is C22H25N3O2. The summed E-state index contributed by atoms with van der Waals surface area (Å²) in [6.45, 7) is 2.05.